The second kappa shape index (κ2) is 7.06. The molecule has 0 radical (unpaired) electrons. The molecule has 1 aromatic rings. The van der Waals surface area contributed by atoms with Gasteiger partial charge in [-0.05, 0) is 24.1 Å². The quantitative estimate of drug-likeness (QED) is 0.722. The smallest absolute Gasteiger partial charge is 0.403 e. The third-order valence-corrected chi connectivity index (χ3v) is 4.76. The van der Waals surface area contributed by atoms with Gasteiger partial charge in [-0.1, -0.05) is 22.9 Å². The summed E-state index contributed by atoms with van der Waals surface area (Å²) in [5.41, 5.74) is -0.294. The lowest BCUT2D eigenvalue weighted by Gasteiger charge is -2.16. The van der Waals surface area contributed by atoms with Gasteiger partial charge < -0.3 is 4.74 Å². The lowest BCUT2D eigenvalue weighted by Crippen LogP contribution is -2.23. The van der Waals surface area contributed by atoms with E-state index in [-0.39, 0.29) is 23.2 Å². The summed E-state index contributed by atoms with van der Waals surface area (Å²) in [6.45, 7) is 1.61. The van der Waals surface area contributed by atoms with E-state index < -0.39 is 22.1 Å². The van der Waals surface area contributed by atoms with Gasteiger partial charge in [0.25, 0.3) is 0 Å². The molecule has 0 aliphatic rings. The fourth-order valence-corrected chi connectivity index (χ4v) is 3.45. The van der Waals surface area contributed by atoms with Crippen LogP contribution in [0.1, 0.15) is 6.92 Å². The van der Waals surface area contributed by atoms with Crippen LogP contribution in [0.5, 0.6) is 5.75 Å². The number of rotatable bonds is 6. The molecule has 0 fully saturated rings. The highest BCUT2D eigenvalue weighted by Crippen LogP contribution is 2.33. The number of benzene rings is 1. The SMILES string of the molecule is CC(CCl)CS(=O)(=O)Nc1ccc(Br)cc1OC(F)(F)F. The molecule has 1 unspecified atom stereocenters. The Morgan fingerprint density at radius 3 is 2.57 bits per heavy atom. The van der Waals surface area contributed by atoms with Crippen molar-refractivity contribution < 1.29 is 26.3 Å². The van der Waals surface area contributed by atoms with E-state index in [1.165, 1.54) is 12.1 Å². The van der Waals surface area contributed by atoms with Gasteiger partial charge in [0, 0.05) is 10.4 Å². The number of hydrogen-bond acceptors (Lipinski definition) is 3. The van der Waals surface area contributed by atoms with Crippen LogP contribution in [-0.2, 0) is 10.0 Å². The van der Waals surface area contributed by atoms with Crippen molar-refractivity contribution in [2.75, 3.05) is 16.4 Å². The molecular weight excluding hydrogens is 399 g/mol. The molecule has 1 aromatic carbocycles. The zero-order valence-corrected chi connectivity index (χ0v) is 13.9. The number of ether oxygens (including phenoxy) is 1. The maximum Gasteiger partial charge on any atom is 0.573 e. The summed E-state index contributed by atoms with van der Waals surface area (Å²) in [6.07, 6.45) is -4.93. The van der Waals surface area contributed by atoms with Gasteiger partial charge in [-0.15, -0.1) is 24.8 Å². The molecule has 4 nitrogen and oxygen atoms in total. The number of sulfonamides is 1. The largest absolute Gasteiger partial charge is 0.573 e. The van der Waals surface area contributed by atoms with E-state index in [0.29, 0.717) is 4.47 Å². The monoisotopic (exact) mass is 409 g/mol. The van der Waals surface area contributed by atoms with Crippen molar-refractivity contribution in [3.63, 3.8) is 0 Å². The van der Waals surface area contributed by atoms with Crippen molar-refractivity contribution in [2.24, 2.45) is 5.92 Å². The van der Waals surface area contributed by atoms with Gasteiger partial charge in [-0.25, -0.2) is 8.42 Å². The van der Waals surface area contributed by atoms with Crippen molar-refractivity contribution >= 4 is 43.2 Å². The summed E-state index contributed by atoms with van der Waals surface area (Å²) < 4.78 is 66.9. The van der Waals surface area contributed by atoms with Gasteiger partial charge in [0.15, 0.2) is 5.75 Å². The summed E-state index contributed by atoms with van der Waals surface area (Å²) in [7, 11) is -3.83. The first-order valence-corrected chi connectivity index (χ1v) is 8.62. The molecule has 1 atom stereocenters. The predicted molar refractivity (Wildman–Crippen MR) is 78.1 cm³/mol. The Morgan fingerprint density at radius 1 is 1.43 bits per heavy atom. The molecule has 21 heavy (non-hydrogen) atoms. The zero-order chi connectivity index (χ0) is 16.3. The van der Waals surface area contributed by atoms with Crippen LogP contribution in [0.4, 0.5) is 18.9 Å². The number of alkyl halides is 4. The van der Waals surface area contributed by atoms with E-state index in [1.54, 1.807) is 6.92 Å². The summed E-state index contributed by atoms with van der Waals surface area (Å²) in [6, 6.07) is 3.59. The van der Waals surface area contributed by atoms with Gasteiger partial charge in [0.1, 0.15) is 0 Å². The Bertz CT molecular complexity index is 595. The Labute approximate surface area is 133 Å². The Kier molecular flexibility index (Phi) is 6.18. The molecular formula is C11H12BrClF3NO3S. The van der Waals surface area contributed by atoms with Crippen LogP contribution in [0, 0.1) is 5.92 Å². The molecule has 0 aliphatic carbocycles. The summed E-state index contributed by atoms with van der Waals surface area (Å²) in [4.78, 5) is 0. The van der Waals surface area contributed by atoms with Crippen molar-refractivity contribution in [3.05, 3.63) is 22.7 Å². The normalized spacial score (nSPS) is 13.8. The fourth-order valence-electron chi connectivity index (χ4n) is 1.42. The minimum Gasteiger partial charge on any atom is -0.403 e. The van der Waals surface area contributed by atoms with Crippen LogP contribution < -0.4 is 9.46 Å². The summed E-state index contributed by atoms with van der Waals surface area (Å²) in [5, 5.41) is 0. The van der Waals surface area contributed by atoms with Crippen LogP contribution in [0.3, 0.4) is 0 Å². The minimum atomic E-state index is -4.93. The Hall–Kier alpha value is -0.670. The molecule has 0 bridgehead atoms. The highest BCUT2D eigenvalue weighted by Gasteiger charge is 2.32. The van der Waals surface area contributed by atoms with E-state index in [9.17, 15) is 21.6 Å². The van der Waals surface area contributed by atoms with Gasteiger partial charge >= 0.3 is 6.36 Å². The average Bonchev–Trinajstić information content (AvgIpc) is 2.30. The maximum absolute atomic E-state index is 12.3. The van der Waals surface area contributed by atoms with Crippen LogP contribution in [0.15, 0.2) is 22.7 Å². The predicted octanol–water partition coefficient (Wildman–Crippen LogP) is 3.96. The second-order valence-electron chi connectivity index (χ2n) is 4.33. The van der Waals surface area contributed by atoms with Crippen LogP contribution >= 0.6 is 27.5 Å². The van der Waals surface area contributed by atoms with Crippen molar-refractivity contribution in [1.82, 2.24) is 0 Å². The highest BCUT2D eigenvalue weighted by molar-refractivity contribution is 9.10. The molecule has 0 aliphatic heterocycles. The van der Waals surface area contributed by atoms with Crippen LogP contribution in [0.25, 0.3) is 0 Å². The van der Waals surface area contributed by atoms with E-state index in [1.807, 2.05) is 0 Å². The van der Waals surface area contributed by atoms with Crippen molar-refractivity contribution in [2.45, 2.75) is 13.3 Å². The number of halogens is 5. The number of hydrogen-bond donors (Lipinski definition) is 1. The van der Waals surface area contributed by atoms with Gasteiger partial charge in [-0.3, -0.25) is 4.72 Å². The Morgan fingerprint density at radius 2 is 2.05 bits per heavy atom. The van der Waals surface area contributed by atoms with E-state index in [0.717, 1.165) is 6.07 Å². The first-order valence-electron chi connectivity index (χ1n) is 5.64. The van der Waals surface area contributed by atoms with E-state index >= 15 is 0 Å². The molecule has 10 heteroatoms. The minimum absolute atomic E-state index is 0.118. The average molecular weight is 411 g/mol. The van der Waals surface area contributed by atoms with Crippen molar-refractivity contribution in [3.8, 4) is 5.75 Å². The fraction of sp³-hybridized carbons (Fsp3) is 0.455. The molecule has 0 heterocycles. The summed E-state index contributed by atoms with van der Waals surface area (Å²) >= 11 is 8.52. The molecule has 0 spiro atoms. The molecule has 0 saturated heterocycles. The first-order chi connectivity index (χ1) is 9.52. The number of anilines is 1. The first kappa shape index (κ1) is 18.4. The zero-order valence-electron chi connectivity index (χ0n) is 10.7. The molecule has 0 amide bonds. The lowest BCUT2D eigenvalue weighted by molar-refractivity contribution is -0.274. The van der Waals surface area contributed by atoms with Gasteiger partial charge in [0.2, 0.25) is 10.0 Å². The van der Waals surface area contributed by atoms with Crippen LogP contribution in [0.2, 0.25) is 0 Å². The lowest BCUT2D eigenvalue weighted by atomic mass is 10.3. The Balaban J connectivity index is 3.02. The third kappa shape index (κ3) is 6.75. The van der Waals surface area contributed by atoms with E-state index in [4.69, 9.17) is 11.6 Å². The van der Waals surface area contributed by atoms with Gasteiger partial charge in [-0.2, -0.15) is 0 Å². The molecule has 120 valence electrons. The number of nitrogens with one attached hydrogen (secondary N) is 1. The molecule has 0 aromatic heterocycles. The standard InChI is InChI=1S/C11H12BrClF3NO3S/c1-7(5-13)6-21(18,19)17-9-3-2-8(12)4-10(9)20-11(14,15)16/h2-4,7,17H,5-6H2,1H3. The van der Waals surface area contributed by atoms with Crippen molar-refractivity contribution in [1.29, 1.82) is 0 Å². The molecule has 1 N–H and O–H groups in total. The van der Waals surface area contributed by atoms with Crippen LogP contribution in [-0.4, -0.2) is 26.4 Å². The summed E-state index contributed by atoms with van der Waals surface area (Å²) in [5.74, 6) is -1.17. The molecule has 1 rings (SSSR count). The van der Waals surface area contributed by atoms with Gasteiger partial charge in [0.05, 0.1) is 11.4 Å². The highest BCUT2D eigenvalue weighted by atomic mass is 79.9. The second-order valence-corrected chi connectivity index (χ2v) is 7.32. The maximum atomic E-state index is 12.3. The molecule has 0 saturated carbocycles. The third-order valence-electron chi connectivity index (χ3n) is 2.20. The topological polar surface area (TPSA) is 55.4 Å². The van der Waals surface area contributed by atoms with E-state index in [2.05, 4.69) is 25.4 Å².